The van der Waals surface area contributed by atoms with Crippen LogP contribution in [0.25, 0.3) is 0 Å². The minimum absolute atomic E-state index is 0.172. The van der Waals surface area contributed by atoms with Gasteiger partial charge in [-0.3, -0.25) is 29.6 Å². The van der Waals surface area contributed by atoms with Gasteiger partial charge in [0.2, 0.25) is 11.8 Å². The van der Waals surface area contributed by atoms with Gasteiger partial charge < -0.3 is 0 Å². The molecule has 0 spiro atoms. The lowest BCUT2D eigenvalue weighted by molar-refractivity contribution is -0.137. The molecule has 20 heavy (non-hydrogen) atoms. The van der Waals surface area contributed by atoms with E-state index in [1.807, 2.05) is 4.90 Å². The van der Waals surface area contributed by atoms with E-state index in [1.54, 1.807) is 0 Å². The van der Waals surface area contributed by atoms with E-state index < -0.39 is 0 Å². The summed E-state index contributed by atoms with van der Waals surface area (Å²) in [7, 11) is 0. The molecule has 3 aliphatic rings. The van der Waals surface area contributed by atoms with Crippen LogP contribution in [0.3, 0.4) is 0 Å². The second kappa shape index (κ2) is 5.79. The van der Waals surface area contributed by atoms with Crippen LogP contribution in [0.2, 0.25) is 0 Å². The van der Waals surface area contributed by atoms with Crippen molar-refractivity contribution < 1.29 is 9.59 Å². The number of nitrogens with one attached hydrogen (secondary N) is 1. The lowest BCUT2D eigenvalue weighted by Crippen LogP contribution is -2.58. The van der Waals surface area contributed by atoms with Gasteiger partial charge in [0.25, 0.3) is 0 Å². The van der Waals surface area contributed by atoms with Gasteiger partial charge >= 0.3 is 0 Å². The Bertz CT molecular complexity index is 385. The van der Waals surface area contributed by atoms with Gasteiger partial charge in [0.1, 0.15) is 0 Å². The number of carbonyl (C=O) groups excluding carboxylic acids is 2. The first-order valence-corrected chi connectivity index (χ1v) is 7.65. The molecule has 6 nitrogen and oxygen atoms in total. The number of carbonyl (C=O) groups is 2. The number of rotatable bonds is 3. The lowest BCUT2D eigenvalue weighted by atomic mass is 10.1. The van der Waals surface area contributed by atoms with E-state index in [1.165, 1.54) is 19.4 Å². The smallest absolute Gasteiger partial charge is 0.240 e. The highest BCUT2D eigenvalue weighted by Crippen LogP contribution is 2.21. The lowest BCUT2D eigenvalue weighted by Gasteiger charge is -2.40. The summed E-state index contributed by atoms with van der Waals surface area (Å²) < 4.78 is 0. The maximum Gasteiger partial charge on any atom is 0.240 e. The Hall–Kier alpha value is -0.980. The van der Waals surface area contributed by atoms with Crippen LogP contribution in [0.1, 0.15) is 19.8 Å². The summed E-state index contributed by atoms with van der Waals surface area (Å²) in [6.07, 6.45) is 2.64. The fraction of sp³-hybridized carbons (Fsp3) is 0.857. The Morgan fingerprint density at radius 3 is 2.70 bits per heavy atom. The minimum Gasteiger partial charge on any atom is -0.299 e. The van der Waals surface area contributed by atoms with Gasteiger partial charge in [0.05, 0.1) is 13.1 Å². The average Bonchev–Trinajstić information content (AvgIpc) is 2.85. The van der Waals surface area contributed by atoms with Crippen molar-refractivity contribution in [2.75, 3.05) is 45.8 Å². The number of imide groups is 1. The van der Waals surface area contributed by atoms with Gasteiger partial charge in [0, 0.05) is 38.3 Å². The van der Waals surface area contributed by atoms with Crippen LogP contribution in [0.5, 0.6) is 0 Å². The Morgan fingerprint density at radius 2 is 1.95 bits per heavy atom. The maximum atomic E-state index is 11.4. The van der Waals surface area contributed by atoms with Crippen molar-refractivity contribution in [1.29, 1.82) is 0 Å². The fourth-order valence-corrected chi connectivity index (χ4v) is 3.68. The van der Waals surface area contributed by atoms with E-state index >= 15 is 0 Å². The Kier molecular flexibility index (Phi) is 4.05. The SMILES string of the molecule is C[C@@H](CN1CCN2CCCC2C1)N1CC(=O)NC(=O)C1. The topological polar surface area (TPSA) is 55.9 Å². The summed E-state index contributed by atoms with van der Waals surface area (Å²) in [5.41, 5.74) is 0. The molecular formula is C14H24N4O2. The molecule has 0 bridgehead atoms. The number of fused-ring (bicyclic) bond motifs is 1. The van der Waals surface area contributed by atoms with E-state index in [9.17, 15) is 9.59 Å². The predicted molar refractivity (Wildman–Crippen MR) is 75.2 cm³/mol. The highest BCUT2D eigenvalue weighted by atomic mass is 16.2. The molecule has 112 valence electrons. The van der Waals surface area contributed by atoms with Crippen LogP contribution in [0.4, 0.5) is 0 Å². The van der Waals surface area contributed by atoms with Gasteiger partial charge in [-0.05, 0) is 26.3 Å². The Balaban J connectivity index is 1.52. The normalized spacial score (nSPS) is 31.1. The summed E-state index contributed by atoms with van der Waals surface area (Å²) in [4.78, 5) is 30.0. The number of nitrogens with zero attached hydrogens (tertiary/aromatic N) is 3. The van der Waals surface area contributed by atoms with Crippen LogP contribution in [-0.2, 0) is 9.59 Å². The first kappa shape index (κ1) is 14.0. The van der Waals surface area contributed by atoms with Gasteiger partial charge in [-0.15, -0.1) is 0 Å². The molecule has 3 rings (SSSR count). The van der Waals surface area contributed by atoms with Crippen molar-refractivity contribution in [1.82, 2.24) is 20.0 Å². The molecular weight excluding hydrogens is 256 g/mol. The molecule has 3 heterocycles. The molecule has 3 saturated heterocycles. The predicted octanol–water partition coefficient (Wildman–Crippen LogP) is -0.887. The first-order valence-electron chi connectivity index (χ1n) is 7.65. The first-order chi connectivity index (χ1) is 9.61. The zero-order chi connectivity index (χ0) is 14.1. The maximum absolute atomic E-state index is 11.4. The van der Waals surface area contributed by atoms with Crippen molar-refractivity contribution in [3.8, 4) is 0 Å². The zero-order valence-corrected chi connectivity index (χ0v) is 12.2. The fourth-order valence-electron chi connectivity index (χ4n) is 3.68. The molecule has 2 atom stereocenters. The highest BCUT2D eigenvalue weighted by Gasteiger charge is 2.32. The minimum atomic E-state index is -0.172. The molecule has 1 unspecified atom stereocenters. The molecule has 6 heteroatoms. The van der Waals surface area contributed by atoms with E-state index in [0.29, 0.717) is 13.1 Å². The van der Waals surface area contributed by atoms with Gasteiger partial charge in [-0.25, -0.2) is 0 Å². The molecule has 3 fully saturated rings. The van der Waals surface area contributed by atoms with Gasteiger partial charge in [-0.1, -0.05) is 0 Å². The Labute approximate surface area is 120 Å². The molecule has 3 aliphatic heterocycles. The molecule has 0 aromatic rings. The van der Waals surface area contributed by atoms with Crippen LogP contribution < -0.4 is 5.32 Å². The highest BCUT2D eigenvalue weighted by molar-refractivity contribution is 5.99. The van der Waals surface area contributed by atoms with E-state index in [-0.39, 0.29) is 17.9 Å². The van der Waals surface area contributed by atoms with Crippen LogP contribution in [-0.4, -0.2) is 84.4 Å². The number of hydrogen-bond donors (Lipinski definition) is 1. The van der Waals surface area contributed by atoms with Crippen molar-refractivity contribution >= 4 is 11.8 Å². The van der Waals surface area contributed by atoms with Crippen LogP contribution in [0, 0.1) is 0 Å². The van der Waals surface area contributed by atoms with Crippen molar-refractivity contribution in [3.63, 3.8) is 0 Å². The molecule has 0 aliphatic carbocycles. The molecule has 0 aromatic carbocycles. The quantitative estimate of drug-likeness (QED) is 0.680. The van der Waals surface area contributed by atoms with Crippen LogP contribution in [0.15, 0.2) is 0 Å². The van der Waals surface area contributed by atoms with Crippen molar-refractivity contribution in [2.24, 2.45) is 0 Å². The number of piperazine rings is 2. The third-order valence-corrected chi connectivity index (χ3v) is 4.79. The zero-order valence-electron chi connectivity index (χ0n) is 12.2. The number of amides is 2. The Morgan fingerprint density at radius 1 is 1.20 bits per heavy atom. The van der Waals surface area contributed by atoms with E-state index in [0.717, 1.165) is 32.2 Å². The van der Waals surface area contributed by atoms with Gasteiger partial charge in [-0.2, -0.15) is 0 Å². The van der Waals surface area contributed by atoms with Gasteiger partial charge in [0.15, 0.2) is 0 Å². The standard InChI is InChI=1S/C14H24N4O2/c1-11(18-9-13(19)15-14(20)10-18)7-16-5-6-17-4-2-3-12(17)8-16/h11-12H,2-10H2,1H3,(H,15,19,20)/t11-,12?/m0/s1. The largest absolute Gasteiger partial charge is 0.299 e. The van der Waals surface area contributed by atoms with Crippen molar-refractivity contribution in [3.05, 3.63) is 0 Å². The molecule has 0 radical (unpaired) electrons. The summed E-state index contributed by atoms with van der Waals surface area (Å²) >= 11 is 0. The molecule has 1 N–H and O–H groups in total. The summed E-state index contributed by atoms with van der Waals surface area (Å²) in [6.45, 7) is 8.42. The summed E-state index contributed by atoms with van der Waals surface area (Å²) in [5, 5.41) is 2.36. The monoisotopic (exact) mass is 280 g/mol. The second-order valence-corrected chi connectivity index (χ2v) is 6.32. The molecule has 0 aromatic heterocycles. The van der Waals surface area contributed by atoms with Crippen LogP contribution >= 0.6 is 0 Å². The summed E-state index contributed by atoms with van der Waals surface area (Å²) in [5.74, 6) is -0.345. The third-order valence-electron chi connectivity index (χ3n) is 4.79. The summed E-state index contributed by atoms with van der Waals surface area (Å²) in [6, 6.07) is 0.972. The third kappa shape index (κ3) is 3.02. The van der Waals surface area contributed by atoms with Crippen molar-refractivity contribution in [2.45, 2.75) is 31.8 Å². The van der Waals surface area contributed by atoms with E-state index in [4.69, 9.17) is 0 Å². The molecule has 2 amide bonds. The van der Waals surface area contributed by atoms with E-state index in [2.05, 4.69) is 22.0 Å². The number of hydrogen-bond acceptors (Lipinski definition) is 5. The average molecular weight is 280 g/mol. The molecule has 0 saturated carbocycles. The second-order valence-electron chi connectivity index (χ2n) is 6.32.